The first-order valence-electron chi connectivity index (χ1n) is 8.31. The Hall–Kier alpha value is -2.50. The first-order chi connectivity index (χ1) is 11.5. The summed E-state index contributed by atoms with van der Waals surface area (Å²) in [6, 6.07) is 1.90. The molecule has 0 unspecified atom stereocenters. The molecule has 0 aromatic carbocycles. The van der Waals surface area contributed by atoms with Gasteiger partial charge in [-0.25, -0.2) is 4.98 Å². The molecule has 6 nitrogen and oxygen atoms in total. The van der Waals surface area contributed by atoms with Crippen LogP contribution in [0.4, 0.5) is 5.82 Å². The predicted molar refractivity (Wildman–Crippen MR) is 93.2 cm³/mol. The van der Waals surface area contributed by atoms with Crippen molar-refractivity contribution in [2.24, 2.45) is 0 Å². The van der Waals surface area contributed by atoms with Gasteiger partial charge in [0.05, 0.1) is 17.0 Å². The van der Waals surface area contributed by atoms with Crippen LogP contribution in [0.25, 0.3) is 0 Å². The molecule has 1 aliphatic rings. The highest BCUT2D eigenvalue weighted by atomic mass is 16.2. The van der Waals surface area contributed by atoms with E-state index in [9.17, 15) is 4.79 Å². The van der Waals surface area contributed by atoms with Gasteiger partial charge in [0.1, 0.15) is 5.82 Å². The van der Waals surface area contributed by atoms with Gasteiger partial charge in [-0.2, -0.15) is 0 Å². The van der Waals surface area contributed by atoms with Crippen LogP contribution in [-0.2, 0) is 0 Å². The molecule has 0 N–H and O–H groups in total. The fourth-order valence-corrected chi connectivity index (χ4v) is 3.01. The van der Waals surface area contributed by atoms with Crippen LogP contribution in [-0.4, -0.2) is 51.9 Å². The number of hydrogen-bond donors (Lipinski definition) is 0. The average Bonchev–Trinajstić information content (AvgIpc) is 2.82. The maximum absolute atomic E-state index is 12.7. The second-order valence-electron chi connectivity index (χ2n) is 6.30. The van der Waals surface area contributed by atoms with Crippen LogP contribution in [0.5, 0.6) is 0 Å². The molecular weight excluding hydrogens is 302 g/mol. The van der Waals surface area contributed by atoms with E-state index >= 15 is 0 Å². The van der Waals surface area contributed by atoms with E-state index in [1.807, 2.05) is 31.7 Å². The Balaban J connectivity index is 1.73. The molecular formula is C18H23N5O. The second kappa shape index (κ2) is 6.95. The molecule has 24 heavy (non-hydrogen) atoms. The third-order valence-electron chi connectivity index (χ3n) is 4.26. The van der Waals surface area contributed by atoms with Crippen molar-refractivity contribution in [3.63, 3.8) is 0 Å². The van der Waals surface area contributed by atoms with E-state index in [1.165, 1.54) is 0 Å². The van der Waals surface area contributed by atoms with Gasteiger partial charge in [-0.1, -0.05) is 0 Å². The third kappa shape index (κ3) is 3.53. The van der Waals surface area contributed by atoms with Crippen LogP contribution in [0.1, 0.15) is 33.7 Å². The number of aryl methyl sites for hydroxylation is 3. The summed E-state index contributed by atoms with van der Waals surface area (Å²) in [5, 5.41) is 0. The molecule has 1 amide bonds. The lowest BCUT2D eigenvalue weighted by Gasteiger charge is -2.24. The largest absolute Gasteiger partial charge is 0.353 e. The number of carbonyl (C=O) groups excluding carboxylic acids is 1. The first-order valence-corrected chi connectivity index (χ1v) is 8.31. The summed E-state index contributed by atoms with van der Waals surface area (Å²) < 4.78 is 0. The molecule has 3 rings (SSSR count). The number of anilines is 1. The Morgan fingerprint density at radius 1 is 1.04 bits per heavy atom. The van der Waals surface area contributed by atoms with Crippen molar-refractivity contribution in [3.8, 4) is 0 Å². The summed E-state index contributed by atoms with van der Waals surface area (Å²) >= 11 is 0. The highest BCUT2D eigenvalue weighted by Crippen LogP contribution is 2.18. The Labute approximate surface area is 142 Å². The van der Waals surface area contributed by atoms with Gasteiger partial charge in [0.25, 0.3) is 5.91 Å². The monoisotopic (exact) mass is 325 g/mol. The van der Waals surface area contributed by atoms with Crippen molar-refractivity contribution in [1.82, 2.24) is 19.9 Å². The van der Waals surface area contributed by atoms with Crippen molar-refractivity contribution in [2.75, 3.05) is 31.1 Å². The summed E-state index contributed by atoms with van der Waals surface area (Å²) in [6.07, 6.45) is 6.12. The number of amides is 1. The Morgan fingerprint density at radius 3 is 2.67 bits per heavy atom. The lowest BCUT2D eigenvalue weighted by Crippen LogP contribution is -2.35. The van der Waals surface area contributed by atoms with Gasteiger partial charge in [0, 0.05) is 44.8 Å². The van der Waals surface area contributed by atoms with E-state index in [4.69, 9.17) is 0 Å². The van der Waals surface area contributed by atoms with Crippen molar-refractivity contribution >= 4 is 11.7 Å². The van der Waals surface area contributed by atoms with Crippen LogP contribution in [0.15, 0.2) is 24.7 Å². The minimum Gasteiger partial charge on any atom is -0.353 e. The number of hydrogen-bond acceptors (Lipinski definition) is 5. The standard InChI is InChI=1S/C18H23N5O/c1-13-9-16(12-19-10-13)18(24)23-6-4-5-22(7-8-23)17-15(3)20-11-14(2)21-17/h9-12H,4-8H2,1-3H3. The molecule has 0 saturated carbocycles. The van der Waals surface area contributed by atoms with Crippen LogP contribution in [0.3, 0.4) is 0 Å². The Morgan fingerprint density at radius 2 is 1.88 bits per heavy atom. The average molecular weight is 325 g/mol. The minimum absolute atomic E-state index is 0.0556. The van der Waals surface area contributed by atoms with Crippen molar-refractivity contribution in [3.05, 3.63) is 47.2 Å². The molecule has 126 valence electrons. The highest BCUT2D eigenvalue weighted by molar-refractivity contribution is 5.94. The summed E-state index contributed by atoms with van der Waals surface area (Å²) in [6.45, 7) is 8.97. The van der Waals surface area contributed by atoms with Crippen LogP contribution in [0, 0.1) is 20.8 Å². The number of carbonyl (C=O) groups is 1. The van der Waals surface area contributed by atoms with Crippen molar-refractivity contribution in [2.45, 2.75) is 27.2 Å². The van der Waals surface area contributed by atoms with Crippen molar-refractivity contribution in [1.29, 1.82) is 0 Å². The van der Waals surface area contributed by atoms with E-state index < -0.39 is 0 Å². The van der Waals surface area contributed by atoms with Gasteiger partial charge >= 0.3 is 0 Å². The molecule has 0 atom stereocenters. The fraction of sp³-hybridized carbons (Fsp3) is 0.444. The Bertz CT molecular complexity index is 746. The maximum atomic E-state index is 12.7. The highest BCUT2D eigenvalue weighted by Gasteiger charge is 2.22. The molecule has 0 spiro atoms. The quantitative estimate of drug-likeness (QED) is 0.846. The zero-order valence-electron chi connectivity index (χ0n) is 14.5. The Kier molecular flexibility index (Phi) is 4.74. The van der Waals surface area contributed by atoms with Crippen LogP contribution < -0.4 is 4.90 Å². The van der Waals surface area contributed by atoms with E-state index in [0.29, 0.717) is 12.1 Å². The number of pyridine rings is 1. The number of aromatic nitrogens is 3. The lowest BCUT2D eigenvalue weighted by molar-refractivity contribution is 0.0766. The van der Waals surface area contributed by atoms with E-state index in [1.54, 1.807) is 18.6 Å². The number of rotatable bonds is 2. The van der Waals surface area contributed by atoms with Gasteiger partial charge in [-0.15, -0.1) is 0 Å². The zero-order chi connectivity index (χ0) is 17.1. The van der Waals surface area contributed by atoms with Crippen LogP contribution >= 0.6 is 0 Å². The van der Waals surface area contributed by atoms with Gasteiger partial charge in [-0.05, 0) is 38.8 Å². The molecule has 1 saturated heterocycles. The fourth-order valence-electron chi connectivity index (χ4n) is 3.01. The van der Waals surface area contributed by atoms with Gasteiger partial charge in [0.15, 0.2) is 0 Å². The maximum Gasteiger partial charge on any atom is 0.255 e. The van der Waals surface area contributed by atoms with E-state index in [-0.39, 0.29) is 5.91 Å². The molecule has 2 aromatic rings. The molecule has 0 radical (unpaired) electrons. The van der Waals surface area contributed by atoms with Gasteiger partial charge in [0.2, 0.25) is 0 Å². The summed E-state index contributed by atoms with van der Waals surface area (Å²) in [5.41, 5.74) is 3.51. The smallest absolute Gasteiger partial charge is 0.255 e. The molecule has 0 aliphatic carbocycles. The number of nitrogens with zero attached hydrogens (tertiary/aromatic N) is 5. The van der Waals surface area contributed by atoms with Crippen molar-refractivity contribution < 1.29 is 4.79 Å². The zero-order valence-corrected chi connectivity index (χ0v) is 14.5. The minimum atomic E-state index is 0.0556. The van der Waals surface area contributed by atoms with Crippen LogP contribution in [0.2, 0.25) is 0 Å². The molecule has 1 aliphatic heterocycles. The molecule has 1 fully saturated rings. The SMILES string of the molecule is Cc1cncc(C(=O)N2CCCN(c3nc(C)cnc3C)CC2)c1. The van der Waals surface area contributed by atoms with Gasteiger partial charge in [-0.3, -0.25) is 14.8 Å². The topological polar surface area (TPSA) is 62.2 Å². The first kappa shape index (κ1) is 16.4. The lowest BCUT2D eigenvalue weighted by atomic mass is 10.2. The summed E-state index contributed by atoms with van der Waals surface area (Å²) in [7, 11) is 0. The van der Waals surface area contributed by atoms with E-state index in [2.05, 4.69) is 19.9 Å². The van der Waals surface area contributed by atoms with Gasteiger partial charge < -0.3 is 9.80 Å². The van der Waals surface area contributed by atoms with E-state index in [0.717, 1.165) is 48.8 Å². The summed E-state index contributed by atoms with van der Waals surface area (Å²) in [5.74, 6) is 0.988. The molecule has 2 aromatic heterocycles. The normalized spacial score (nSPS) is 15.3. The molecule has 3 heterocycles. The third-order valence-corrected chi connectivity index (χ3v) is 4.26. The second-order valence-corrected chi connectivity index (χ2v) is 6.30. The summed E-state index contributed by atoms with van der Waals surface area (Å²) in [4.78, 5) is 30.0. The molecule has 6 heteroatoms. The predicted octanol–water partition coefficient (Wildman–Crippen LogP) is 2.15. The molecule has 0 bridgehead atoms.